The number of amides is 2. The van der Waals surface area contributed by atoms with E-state index in [-0.39, 0.29) is 30.5 Å². The first-order valence-corrected chi connectivity index (χ1v) is 8.61. The molecule has 1 atom stereocenters. The van der Waals surface area contributed by atoms with Crippen LogP contribution in [0.2, 0.25) is 0 Å². The predicted molar refractivity (Wildman–Crippen MR) is 94.6 cm³/mol. The maximum Gasteiger partial charge on any atom is 0.227 e. The molecule has 1 aliphatic heterocycles. The number of rotatable bonds is 6. The second kappa shape index (κ2) is 8.08. The highest BCUT2D eigenvalue weighted by Crippen LogP contribution is 2.26. The van der Waals surface area contributed by atoms with E-state index >= 15 is 0 Å². The highest BCUT2D eigenvalue weighted by molar-refractivity contribution is 6.00. The number of anilines is 1. The third-order valence-electron chi connectivity index (χ3n) is 4.49. The number of nitrogens with one attached hydrogen (secondary N) is 1. The fraction of sp³-hybridized carbons (Fsp3) is 0.300. The Hall–Kier alpha value is -2.76. The van der Waals surface area contributed by atoms with Crippen LogP contribution in [-0.4, -0.2) is 24.9 Å². The largest absolute Gasteiger partial charge is 0.356 e. The molecule has 3 rings (SSSR count). The van der Waals surface area contributed by atoms with Gasteiger partial charge in [-0.25, -0.2) is 8.78 Å². The Bertz CT molecular complexity index is 796. The molecule has 0 aromatic heterocycles. The van der Waals surface area contributed by atoms with Crippen LogP contribution in [0.1, 0.15) is 18.4 Å². The van der Waals surface area contributed by atoms with Crippen LogP contribution in [0.4, 0.5) is 14.5 Å². The summed E-state index contributed by atoms with van der Waals surface area (Å²) in [5.41, 5.74) is 1.48. The first kappa shape index (κ1) is 18.0. The normalized spacial score (nSPS) is 16.8. The molecule has 2 amide bonds. The Morgan fingerprint density at radius 1 is 1.12 bits per heavy atom. The van der Waals surface area contributed by atoms with Gasteiger partial charge in [-0.05, 0) is 30.5 Å². The van der Waals surface area contributed by atoms with Gasteiger partial charge in [-0.1, -0.05) is 30.3 Å². The summed E-state index contributed by atoms with van der Waals surface area (Å²) >= 11 is 0. The highest BCUT2D eigenvalue weighted by atomic mass is 19.2. The molecule has 1 unspecified atom stereocenters. The summed E-state index contributed by atoms with van der Waals surface area (Å²) in [7, 11) is 0. The van der Waals surface area contributed by atoms with Crippen LogP contribution in [0, 0.1) is 17.6 Å². The van der Waals surface area contributed by atoms with Gasteiger partial charge < -0.3 is 10.2 Å². The fourth-order valence-corrected chi connectivity index (χ4v) is 3.08. The summed E-state index contributed by atoms with van der Waals surface area (Å²) in [5.74, 6) is -2.90. The number of carbonyl (C=O) groups is 2. The molecule has 1 fully saturated rings. The molecule has 0 spiro atoms. The Balaban J connectivity index is 1.49. The highest BCUT2D eigenvalue weighted by Gasteiger charge is 2.35. The molecule has 1 saturated heterocycles. The summed E-state index contributed by atoms with van der Waals surface area (Å²) in [6, 6.07) is 13.3. The number of nitrogens with zero attached hydrogens (tertiary/aromatic N) is 1. The van der Waals surface area contributed by atoms with E-state index in [1.165, 1.54) is 16.5 Å². The fourth-order valence-electron chi connectivity index (χ4n) is 3.08. The van der Waals surface area contributed by atoms with Gasteiger partial charge in [0.1, 0.15) is 0 Å². The first-order chi connectivity index (χ1) is 12.5. The van der Waals surface area contributed by atoms with E-state index in [4.69, 9.17) is 0 Å². The lowest BCUT2D eigenvalue weighted by molar-refractivity contribution is -0.126. The Morgan fingerprint density at radius 2 is 1.88 bits per heavy atom. The van der Waals surface area contributed by atoms with Crippen molar-refractivity contribution in [1.29, 1.82) is 0 Å². The Kier molecular flexibility index (Phi) is 5.61. The maximum atomic E-state index is 13.4. The minimum Gasteiger partial charge on any atom is -0.356 e. The summed E-state index contributed by atoms with van der Waals surface area (Å²) in [6.45, 7) is 0.706. The van der Waals surface area contributed by atoms with Crippen molar-refractivity contribution in [3.63, 3.8) is 0 Å². The molecule has 2 aromatic carbocycles. The molecule has 26 heavy (non-hydrogen) atoms. The number of hydrogen-bond acceptors (Lipinski definition) is 2. The molecular weight excluding hydrogens is 338 g/mol. The summed E-state index contributed by atoms with van der Waals surface area (Å²) in [5, 5.41) is 2.86. The van der Waals surface area contributed by atoms with Crippen LogP contribution in [0.25, 0.3) is 0 Å². The van der Waals surface area contributed by atoms with Crippen molar-refractivity contribution in [2.45, 2.75) is 19.3 Å². The summed E-state index contributed by atoms with van der Waals surface area (Å²) in [6.07, 6.45) is 1.75. The first-order valence-electron chi connectivity index (χ1n) is 8.61. The molecule has 136 valence electrons. The standard InChI is InChI=1S/C20H20F2N2O2/c21-17-9-8-16(12-18(17)22)24-13-15(11-19(24)25)20(26)23-10-4-7-14-5-2-1-3-6-14/h1-3,5-6,8-9,12,15H,4,7,10-11,13H2,(H,23,26). The second-order valence-electron chi connectivity index (χ2n) is 6.38. The second-order valence-corrected chi connectivity index (χ2v) is 6.38. The molecular formula is C20H20F2N2O2. The van der Waals surface area contributed by atoms with Crippen LogP contribution in [0.15, 0.2) is 48.5 Å². The van der Waals surface area contributed by atoms with Crippen molar-refractivity contribution in [3.8, 4) is 0 Å². The van der Waals surface area contributed by atoms with Crippen molar-refractivity contribution in [2.75, 3.05) is 18.0 Å². The lowest BCUT2D eigenvalue weighted by Gasteiger charge is -2.17. The topological polar surface area (TPSA) is 49.4 Å². The van der Waals surface area contributed by atoms with Crippen molar-refractivity contribution < 1.29 is 18.4 Å². The van der Waals surface area contributed by atoms with Crippen LogP contribution in [0.3, 0.4) is 0 Å². The van der Waals surface area contributed by atoms with Gasteiger partial charge in [0.25, 0.3) is 0 Å². The molecule has 0 bridgehead atoms. The summed E-state index contributed by atoms with van der Waals surface area (Å²) in [4.78, 5) is 25.7. The van der Waals surface area contributed by atoms with Crippen molar-refractivity contribution in [1.82, 2.24) is 5.32 Å². The minimum absolute atomic E-state index is 0.0729. The molecule has 0 saturated carbocycles. The van der Waals surface area contributed by atoms with Gasteiger partial charge in [0.05, 0.1) is 5.92 Å². The van der Waals surface area contributed by atoms with Crippen LogP contribution in [0.5, 0.6) is 0 Å². The number of aryl methyl sites for hydroxylation is 1. The van der Waals surface area contributed by atoms with E-state index in [2.05, 4.69) is 5.32 Å². The molecule has 0 aliphatic carbocycles. The number of halogens is 2. The average molecular weight is 358 g/mol. The van der Waals surface area contributed by atoms with Crippen molar-refractivity contribution in [3.05, 3.63) is 65.7 Å². The van der Waals surface area contributed by atoms with Gasteiger partial charge in [-0.2, -0.15) is 0 Å². The lowest BCUT2D eigenvalue weighted by Crippen LogP contribution is -2.33. The van der Waals surface area contributed by atoms with Gasteiger partial charge >= 0.3 is 0 Å². The monoisotopic (exact) mass is 358 g/mol. The molecule has 2 aromatic rings. The average Bonchev–Trinajstić information content (AvgIpc) is 3.04. The van der Waals surface area contributed by atoms with E-state index in [0.29, 0.717) is 6.54 Å². The van der Waals surface area contributed by atoms with Gasteiger partial charge in [0.15, 0.2) is 11.6 Å². The minimum atomic E-state index is -1.01. The van der Waals surface area contributed by atoms with E-state index < -0.39 is 17.6 Å². The van der Waals surface area contributed by atoms with Crippen molar-refractivity contribution in [2.24, 2.45) is 5.92 Å². The molecule has 6 heteroatoms. The van der Waals surface area contributed by atoms with Gasteiger partial charge in [0, 0.05) is 31.3 Å². The molecule has 1 heterocycles. The molecule has 0 radical (unpaired) electrons. The third-order valence-corrected chi connectivity index (χ3v) is 4.49. The lowest BCUT2D eigenvalue weighted by atomic mass is 10.1. The third kappa shape index (κ3) is 4.25. The molecule has 1 N–H and O–H groups in total. The van der Waals surface area contributed by atoms with Gasteiger partial charge in [-0.3, -0.25) is 9.59 Å². The van der Waals surface area contributed by atoms with E-state index in [9.17, 15) is 18.4 Å². The van der Waals surface area contributed by atoms with Crippen LogP contribution in [-0.2, 0) is 16.0 Å². The van der Waals surface area contributed by atoms with Crippen molar-refractivity contribution >= 4 is 17.5 Å². The number of carbonyl (C=O) groups excluding carboxylic acids is 2. The maximum absolute atomic E-state index is 13.4. The zero-order chi connectivity index (χ0) is 18.5. The Labute approximate surface area is 150 Å². The predicted octanol–water partition coefficient (Wildman–Crippen LogP) is 3.07. The SMILES string of the molecule is O=C(NCCCc1ccccc1)C1CC(=O)N(c2ccc(F)c(F)c2)C1. The molecule has 1 aliphatic rings. The van der Waals surface area contributed by atoms with E-state index in [0.717, 1.165) is 25.0 Å². The van der Waals surface area contributed by atoms with E-state index in [1.807, 2.05) is 30.3 Å². The van der Waals surface area contributed by atoms with Crippen LogP contribution < -0.4 is 10.2 Å². The number of benzene rings is 2. The van der Waals surface area contributed by atoms with Crippen LogP contribution >= 0.6 is 0 Å². The molecule has 4 nitrogen and oxygen atoms in total. The smallest absolute Gasteiger partial charge is 0.227 e. The zero-order valence-corrected chi connectivity index (χ0v) is 14.3. The van der Waals surface area contributed by atoms with Gasteiger partial charge in [0.2, 0.25) is 11.8 Å². The van der Waals surface area contributed by atoms with Gasteiger partial charge in [-0.15, -0.1) is 0 Å². The van der Waals surface area contributed by atoms with E-state index in [1.54, 1.807) is 0 Å². The Morgan fingerprint density at radius 3 is 2.62 bits per heavy atom. The zero-order valence-electron chi connectivity index (χ0n) is 14.3. The number of hydrogen-bond donors (Lipinski definition) is 1. The summed E-state index contributed by atoms with van der Waals surface area (Å²) < 4.78 is 26.4. The quantitative estimate of drug-likeness (QED) is 0.807.